The maximum atomic E-state index is 12.1. The molecule has 3 N–H and O–H groups in total. The Bertz CT molecular complexity index is 539. The largest absolute Gasteiger partial charge is 0.358 e. The van der Waals surface area contributed by atoms with Crippen LogP contribution in [0.1, 0.15) is 32.3 Å². The molecule has 0 radical (unpaired) electrons. The van der Waals surface area contributed by atoms with Crippen molar-refractivity contribution < 1.29 is 4.79 Å². The van der Waals surface area contributed by atoms with Crippen LogP contribution in [0.5, 0.6) is 0 Å². The van der Waals surface area contributed by atoms with Gasteiger partial charge in [0.1, 0.15) is 0 Å². The molecule has 0 spiro atoms. The Morgan fingerprint density at radius 3 is 2.70 bits per heavy atom. The van der Waals surface area contributed by atoms with E-state index in [1.54, 1.807) is 7.05 Å². The Labute approximate surface area is 139 Å². The zero-order valence-corrected chi connectivity index (χ0v) is 14.5. The Morgan fingerprint density at radius 1 is 1.39 bits per heavy atom. The van der Waals surface area contributed by atoms with Gasteiger partial charge in [-0.15, -0.1) is 0 Å². The van der Waals surface area contributed by atoms with E-state index in [-0.39, 0.29) is 18.0 Å². The predicted octanol–water partition coefficient (Wildman–Crippen LogP) is 2.26. The molecule has 0 saturated carbocycles. The van der Waals surface area contributed by atoms with Gasteiger partial charge in [-0.2, -0.15) is 0 Å². The van der Waals surface area contributed by atoms with Gasteiger partial charge in [0.2, 0.25) is 5.91 Å². The van der Waals surface area contributed by atoms with Crippen molar-refractivity contribution in [1.29, 1.82) is 0 Å². The second kappa shape index (κ2) is 8.27. The number of nitrogens with zero attached hydrogens (tertiary/aromatic N) is 1. The van der Waals surface area contributed by atoms with Gasteiger partial charge >= 0.3 is 0 Å². The van der Waals surface area contributed by atoms with Crippen LogP contribution < -0.4 is 11.1 Å². The maximum Gasteiger partial charge on any atom is 0.237 e. The molecule has 1 aliphatic heterocycles. The van der Waals surface area contributed by atoms with Crippen LogP contribution in [0, 0.1) is 5.92 Å². The first-order chi connectivity index (χ1) is 11.0. The lowest BCUT2D eigenvalue weighted by molar-refractivity contribution is -0.124. The quantitative estimate of drug-likeness (QED) is 0.846. The smallest absolute Gasteiger partial charge is 0.237 e. The highest BCUT2D eigenvalue weighted by atomic mass is 16.2. The molecular weight excluding hydrogens is 286 g/mol. The van der Waals surface area contributed by atoms with Crippen molar-refractivity contribution in [2.45, 2.75) is 38.8 Å². The number of carbonyl (C=O) groups excluding carboxylic acids is 1. The monoisotopic (exact) mass is 315 g/mol. The van der Waals surface area contributed by atoms with Gasteiger partial charge in [-0.25, -0.2) is 0 Å². The molecule has 2 atom stereocenters. The fraction of sp³-hybridized carbons (Fsp3) is 0.526. The Morgan fingerprint density at radius 2 is 2.09 bits per heavy atom. The number of nitrogens with two attached hydrogens (primary N) is 1. The minimum Gasteiger partial charge on any atom is -0.358 e. The van der Waals surface area contributed by atoms with Crippen LogP contribution in [-0.2, 0) is 4.79 Å². The number of rotatable bonds is 6. The first-order valence-corrected chi connectivity index (χ1v) is 8.47. The molecule has 0 unspecified atom stereocenters. The summed E-state index contributed by atoms with van der Waals surface area (Å²) in [5.41, 5.74) is 8.61. The number of nitrogens with one attached hydrogen (secondary N) is 1. The van der Waals surface area contributed by atoms with Gasteiger partial charge in [0.25, 0.3) is 0 Å². The standard InChI is InChI=1S/C19H29N3O/c1-14(2)9-10-16(15-7-5-4-6-8-15)12-22-13-17(20)11-18(22)19(23)21-3/h4-8,10,14,17-18H,9,11-13,20H2,1-3H3,(H,21,23)/t17-,18-/m0/s1. The third kappa shape index (κ3) is 4.91. The van der Waals surface area contributed by atoms with Crippen LogP contribution in [-0.4, -0.2) is 43.0 Å². The predicted molar refractivity (Wildman–Crippen MR) is 95.9 cm³/mol. The first kappa shape index (κ1) is 17.7. The van der Waals surface area contributed by atoms with Crippen LogP contribution in [0.25, 0.3) is 5.57 Å². The summed E-state index contributed by atoms with van der Waals surface area (Å²) < 4.78 is 0. The number of amides is 1. The Kier molecular flexibility index (Phi) is 6.37. The minimum atomic E-state index is -0.124. The molecule has 1 saturated heterocycles. The van der Waals surface area contributed by atoms with Gasteiger partial charge in [0, 0.05) is 26.2 Å². The highest BCUT2D eigenvalue weighted by Crippen LogP contribution is 2.24. The van der Waals surface area contributed by atoms with E-state index in [9.17, 15) is 4.79 Å². The molecule has 2 rings (SSSR count). The first-order valence-electron chi connectivity index (χ1n) is 8.47. The van der Waals surface area contributed by atoms with Gasteiger partial charge < -0.3 is 11.1 Å². The second-order valence-corrected chi connectivity index (χ2v) is 6.78. The number of allylic oxidation sites excluding steroid dienone is 1. The van der Waals surface area contributed by atoms with E-state index in [4.69, 9.17) is 5.73 Å². The van der Waals surface area contributed by atoms with E-state index >= 15 is 0 Å². The molecule has 0 bridgehead atoms. The fourth-order valence-electron chi connectivity index (χ4n) is 3.08. The molecule has 1 aromatic rings. The SMILES string of the molecule is CNC(=O)[C@@H]1C[C@H](N)CN1CC(=CCC(C)C)c1ccccc1. The van der Waals surface area contributed by atoms with Crippen LogP contribution in [0.15, 0.2) is 36.4 Å². The topological polar surface area (TPSA) is 58.4 Å². The molecule has 126 valence electrons. The molecule has 1 aliphatic rings. The van der Waals surface area contributed by atoms with Gasteiger partial charge in [0.15, 0.2) is 0 Å². The average molecular weight is 315 g/mol. The van der Waals surface area contributed by atoms with Crippen LogP contribution in [0.4, 0.5) is 0 Å². The molecule has 4 heteroatoms. The zero-order chi connectivity index (χ0) is 16.8. The number of benzene rings is 1. The number of hydrogen-bond donors (Lipinski definition) is 2. The van der Waals surface area contributed by atoms with Gasteiger partial charge in [0.05, 0.1) is 6.04 Å². The summed E-state index contributed by atoms with van der Waals surface area (Å²) in [6.45, 7) is 5.98. The zero-order valence-electron chi connectivity index (χ0n) is 14.5. The molecule has 1 fully saturated rings. The average Bonchev–Trinajstić information content (AvgIpc) is 2.91. The summed E-state index contributed by atoms with van der Waals surface area (Å²) in [4.78, 5) is 14.3. The van der Waals surface area contributed by atoms with Gasteiger partial charge in [-0.05, 0) is 29.9 Å². The van der Waals surface area contributed by atoms with Crippen molar-refractivity contribution in [3.8, 4) is 0 Å². The fourth-order valence-corrected chi connectivity index (χ4v) is 3.08. The molecule has 4 nitrogen and oxygen atoms in total. The summed E-state index contributed by atoms with van der Waals surface area (Å²) in [6.07, 6.45) is 4.07. The lowest BCUT2D eigenvalue weighted by Gasteiger charge is -2.24. The molecule has 1 amide bonds. The summed E-state index contributed by atoms with van der Waals surface area (Å²) in [6, 6.07) is 10.4. The Hall–Kier alpha value is -1.65. The number of hydrogen-bond acceptors (Lipinski definition) is 3. The van der Waals surface area contributed by atoms with Gasteiger partial charge in [-0.3, -0.25) is 9.69 Å². The van der Waals surface area contributed by atoms with Crippen molar-refractivity contribution in [3.63, 3.8) is 0 Å². The number of likely N-dealkylation sites (tertiary alicyclic amines) is 1. The summed E-state index contributed by atoms with van der Waals surface area (Å²) in [5.74, 6) is 0.679. The number of likely N-dealkylation sites (N-methyl/N-ethyl adjacent to an activating group) is 1. The maximum absolute atomic E-state index is 12.1. The third-order valence-corrected chi connectivity index (χ3v) is 4.34. The molecule has 0 aliphatic carbocycles. The van der Waals surface area contributed by atoms with Crippen molar-refractivity contribution in [1.82, 2.24) is 10.2 Å². The van der Waals surface area contributed by atoms with Crippen molar-refractivity contribution in [2.24, 2.45) is 11.7 Å². The molecule has 23 heavy (non-hydrogen) atoms. The molecule has 0 aromatic heterocycles. The molecule has 1 aromatic carbocycles. The van der Waals surface area contributed by atoms with E-state index < -0.39 is 0 Å². The number of carbonyl (C=O) groups is 1. The van der Waals surface area contributed by atoms with Crippen LogP contribution >= 0.6 is 0 Å². The highest BCUT2D eigenvalue weighted by molar-refractivity contribution is 5.82. The second-order valence-electron chi connectivity index (χ2n) is 6.78. The van der Waals surface area contributed by atoms with E-state index in [0.717, 1.165) is 25.9 Å². The summed E-state index contributed by atoms with van der Waals surface area (Å²) in [7, 11) is 1.69. The van der Waals surface area contributed by atoms with Crippen molar-refractivity contribution in [3.05, 3.63) is 42.0 Å². The van der Waals surface area contributed by atoms with E-state index in [1.165, 1.54) is 11.1 Å². The highest BCUT2D eigenvalue weighted by Gasteiger charge is 2.34. The van der Waals surface area contributed by atoms with Crippen LogP contribution in [0.3, 0.4) is 0 Å². The van der Waals surface area contributed by atoms with E-state index in [2.05, 4.69) is 54.4 Å². The normalized spacial score (nSPS) is 22.6. The third-order valence-electron chi connectivity index (χ3n) is 4.34. The summed E-state index contributed by atoms with van der Waals surface area (Å²) in [5, 5.41) is 2.77. The van der Waals surface area contributed by atoms with Crippen molar-refractivity contribution >= 4 is 11.5 Å². The summed E-state index contributed by atoms with van der Waals surface area (Å²) >= 11 is 0. The lowest BCUT2D eigenvalue weighted by atomic mass is 10.0. The lowest BCUT2D eigenvalue weighted by Crippen LogP contribution is -2.42. The van der Waals surface area contributed by atoms with Crippen LogP contribution in [0.2, 0.25) is 0 Å². The molecule has 1 heterocycles. The van der Waals surface area contributed by atoms with E-state index in [1.807, 2.05) is 6.07 Å². The van der Waals surface area contributed by atoms with Gasteiger partial charge in [-0.1, -0.05) is 50.3 Å². The molecular formula is C19H29N3O. The Balaban J connectivity index is 2.19. The van der Waals surface area contributed by atoms with E-state index in [0.29, 0.717) is 5.92 Å². The minimum absolute atomic E-state index is 0.0641. The van der Waals surface area contributed by atoms with Crippen molar-refractivity contribution in [2.75, 3.05) is 20.1 Å².